The molecule has 0 spiro atoms. The third-order valence-electron chi connectivity index (χ3n) is 2.85. The van der Waals surface area contributed by atoms with Crippen molar-refractivity contribution in [2.75, 3.05) is 0 Å². The van der Waals surface area contributed by atoms with Crippen molar-refractivity contribution in [2.45, 2.75) is 6.92 Å². The number of hydrogen-bond donors (Lipinski definition) is 1. The average Bonchev–Trinajstić information content (AvgIpc) is 2.35. The van der Waals surface area contributed by atoms with Gasteiger partial charge in [0.25, 0.3) is 0 Å². The van der Waals surface area contributed by atoms with Gasteiger partial charge in [0.15, 0.2) is 0 Å². The molecular formula is C15H13Cl2N. The zero-order valence-electron chi connectivity index (χ0n) is 10.0. The Labute approximate surface area is 117 Å². The van der Waals surface area contributed by atoms with Gasteiger partial charge in [-0.15, -0.1) is 0 Å². The molecule has 0 aliphatic carbocycles. The lowest BCUT2D eigenvalue weighted by atomic mass is 10.0. The van der Waals surface area contributed by atoms with Crippen molar-refractivity contribution in [3.05, 3.63) is 64.1 Å². The summed E-state index contributed by atoms with van der Waals surface area (Å²) in [5.74, 6) is 0. The van der Waals surface area contributed by atoms with Gasteiger partial charge in [0.1, 0.15) is 0 Å². The van der Waals surface area contributed by atoms with Gasteiger partial charge in [-0.05, 0) is 47.4 Å². The maximum atomic E-state index is 6.14. The predicted molar refractivity (Wildman–Crippen MR) is 79.9 cm³/mol. The van der Waals surface area contributed by atoms with E-state index in [0.29, 0.717) is 15.7 Å². The van der Waals surface area contributed by atoms with E-state index < -0.39 is 0 Å². The van der Waals surface area contributed by atoms with E-state index in [2.05, 4.69) is 6.58 Å². The molecule has 2 aromatic carbocycles. The molecule has 92 valence electrons. The minimum absolute atomic E-state index is 0.543. The molecule has 0 saturated heterocycles. The van der Waals surface area contributed by atoms with Crippen molar-refractivity contribution in [3.8, 4) is 11.1 Å². The molecular weight excluding hydrogens is 265 g/mol. The van der Waals surface area contributed by atoms with Crippen LogP contribution < -0.4 is 5.73 Å². The molecule has 18 heavy (non-hydrogen) atoms. The summed E-state index contributed by atoms with van der Waals surface area (Å²) in [7, 11) is 0. The Balaban J connectivity index is 2.55. The molecule has 0 saturated carbocycles. The van der Waals surface area contributed by atoms with Gasteiger partial charge in [-0.1, -0.05) is 48.0 Å². The van der Waals surface area contributed by atoms with Gasteiger partial charge in [0.05, 0.1) is 0 Å². The topological polar surface area (TPSA) is 26.0 Å². The van der Waals surface area contributed by atoms with Crippen LogP contribution in [0.25, 0.3) is 16.8 Å². The van der Waals surface area contributed by atoms with Gasteiger partial charge in [-0.2, -0.15) is 0 Å². The molecule has 0 fully saturated rings. The van der Waals surface area contributed by atoms with Crippen molar-refractivity contribution >= 4 is 28.9 Å². The molecule has 0 aliphatic rings. The van der Waals surface area contributed by atoms with E-state index in [4.69, 9.17) is 28.9 Å². The first kappa shape index (κ1) is 13.0. The van der Waals surface area contributed by atoms with Crippen LogP contribution in [-0.2, 0) is 0 Å². The maximum Gasteiger partial charge on any atom is 0.0456 e. The molecule has 0 amide bonds. The standard InChI is InChI=1S/C15H13Cl2N/c1-9-14(16)7-13(8-15(9)17)12-5-3-4-11(6-12)10(2)18/h3-8H,2,18H2,1H3. The highest BCUT2D eigenvalue weighted by molar-refractivity contribution is 6.36. The average molecular weight is 278 g/mol. The molecule has 0 unspecified atom stereocenters. The van der Waals surface area contributed by atoms with Crippen LogP contribution in [0, 0.1) is 6.92 Å². The first-order valence-corrected chi connectivity index (χ1v) is 6.25. The first-order valence-electron chi connectivity index (χ1n) is 5.50. The zero-order valence-corrected chi connectivity index (χ0v) is 11.5. The molecule has 0 aliphatic heterocycles. The second kappa shape index (κ2) is 5.05. The number of rotatable bonds is 2. The summed E-state index contributed by atoms with van der Waals surface area (Å²) in [4.78, 5) is 0. The fraction of sp³-hybridized carbons (Fsp3) is 0.0667. The van der Waals surface area contributed by atoms with Gasteiger partial charge in [-0.25, -0.2) is 0 Å². The summed E-state index contributed by atoms with van der Waals surface area (Å²) in [6.45, 7) is 5.63. The molecule has 0 atom stereocenters. The third-order valence-corrected chi connectivity index (χ3v) is 3.63. The highest BCUT2D eigenvalue weighted by Crippen LogP contribution is 2.31. The van der Waals surface area contributed by atoms with Crippen LogP contribution in [0.4, 0.5) is 0 Å². The Morgan fingerprint density at radius 1 is 1.06 bits per heavy atom. The minimum Gasteiger partial charge on any atom is -0.399 e. The van der Waals surface area contributed by atoms with E-state index in [-0.39, 0.29) is 0 Å². The maximum absolute atomic E-state index is 6.14. The summed E-state index contributed by atoms with van der Waals surface area (Å²) < 4.78 is 0. The van der Waals surface area contributed by atoms with Crippen LogP contribution in [0.1, 0.15) is 11.1 Å². The highest BCUT2D eigenvalue weighted by Gasteiger charge is 2.06. The van der Waals surface area contributed by atoms with E-state index in [0.717, 1.165) is 22.3 Å². The van der Waals surface area contributed by atoms with Crippen molar-refractivity contribution < 1.29 is 0 Å². The summed E-state index contributed by atoms with van der Waals surface area (Å²) in [6, 6.07) is 11.6. The number of hydrogen-bond acceptors (Lipinski definition) is 1. The molecule has 0 aromatic heterocycles. The predicted octanol–water partition coefficient (Wildman–Crippen LogP) is 4.90. The molecule has 0 radical (unpaired) electrons. The highest BCUT2D eigenvalue weighted by atomic mass is 35.5. The summed E-state index contributed by atoms with van der Waals surface area (Å²) >= 11 is 12.3. The lowest BCUT2D eigenvalue weighted by Gasteiger charge is -2.08. The summed E-state index contributed by atoms with van der Waals surface area (Å²) in [5, 5.41) is 1.32. The molecule has 3 heteroatoms. The zero-order chi connectivity index (χ0) is 13.3. The summed E-state index contributed by atoms with van der Waals surface area (Å²) in [5.41, 5.74) is 10.0. The van der Waals surface area contributed by atoms with E-state index in [9.17, 15) is 0 Å². The fourth-order valence-corrected chi connectivity index (χ4v) is 2.20. The van der Waals surface area contributed by atoms with Crippen LogP contribution in [0.3, 0.4) is 0 Å². The SMILES string of the molecule is C=C(N)c1cccc(-c2cc(Cl)c(C)c(Cl)c2)c1. The van der Waals surface area contributed by atoms with Crippen molar-refractivity contribution in [1.82, 2.24) is 0 Å². The smallest absolute Gasteiger partial charge is 0.0456 e. The van der Waals surface area contributed by atoms with Gasteiger partial charge in [0.2, 0.25) is 0 Å². The molecule has 2 aromatic rings. The van der Waals surface area contributed by atoms with Crippen LogP contribution in [0.2, 0.25) is 10.0 Å². The Kier molecular flexibility index (Phi) is 3.65. The normalized spacial score (nSPS) is 10.4. The van der Waals surface area contributed by atoms with Crippen molar-refractivity contribution in [3.63, 3.8) is 0 Å². The Bertz CT molecular complexity index is 595. The second-order valence-corrected chi connectivity index (χ2v) is 4.99. The second-order valence-electron chi connectivity index (χ2n) is 4.17. The number of nitrogens with two attached hydrogens (primary N) is 1. The Morgan fingerprint density at radius 3 is 2.22 bits per heavy atom. The largest absolute Gasteiger partial charge is 0.399 e. The molecule has 2 rings (SSSR count). The lowest BCUT2D eigenvalue weighted by Crippen LogP contribution is -1.93. The number of halogens is 2. The monoisotopic (exact) mass is 277 g/mol. The Morgan fingerprint density at radius 2 is 1.67 bits per heavy atom. The fourth-order valence-electron chi connectivity index (χ4n) is 1.71. The molecule has 0 heterocycles. The van der Waals surface area contributed by atoms with Gasteiger partial charge < -0.3 is 5.73 Å². The van der Waals surface area contributed by atoms with Gasteiger partial charge in [0, 0.05) is 15.7 Å². The Hall–Kier alpha value is -1.44. The first-order chi connectivity index (χ1) is 8.49. The van der Waals surface area contributed by atoms with E-state index in [1.807, 2.05) is 43.3 Å². The molecule has 0 bridgehead atoms. The van der Waals surface area contributed by atoms with Crippen LogP contribution in [-0.4, -0.2) is 0 Å². The van der Waals surface area contributed by atoms with Crippen LogP contribution >= 0.6 is 23.2 Å². The van der Waals surface area contributed by atoms with Crippen molar-refractivity contribution in [2.24, 2.45) is 5.73 Å². The van der Waals surface area contributed by atoms with E-state index in [1.165, 1.54) is 0 Å². The number of benzene rings is 2. The minimum atomic E-state index is 0.543. The van der Waals surface area contributed by atoms with Crippen LogP contribution in [0.5, 0.6) is 0 Å². The summed E-state index contributed by atoms with van der Waals surface area (Å²) in [6.07, 6.45) is 0. The van der Waals surface area contributed by atoms with Crippen LogP contribution in [0.15, 0.2) is 43.0 Å². The lowest BCUT2D eigenvalue weighted by molar-refractivity contribution is 1.46. The van der Waals surface area contributed by atoms with E-state index >= 15 is 0 Å². The molecule has 2 N–H and O–H groups in total. The van der Waals surface area contributed by atoms with Gasteiger partial charge >= 0.3 is 0 Å². The van der Waals surface area contributed by atoms with Gasteiger partial charge in [-0.3, -0.25) is 0 Å². The van der Waals surface area contributed by atoms with Crippen molar-refractivity contribution in [1.29, 1.82) is 0 Å². The quantitative estimate of drug-likeness (QED) is 0.830. The third kappa shape index (κ3) is 2.53. The van der Waals surface area contributed by atoms with E-state index in [1.54, 1.807) is 0 Å². The molecule has 1 nitrogen and oxygen atoms in total.